The zero-order chi connectivity index (χ0) is 14.3. The molecule has 0 radical (unpaired) electrons. The highest BCUT2D eigenvalue weighted by Gasteiger charge is 2.18. The summed E-state index contributed by atoms with van der Waals surface area (Å²) in [4.78, 5) is 20.4. The molecule has 0 atom stereocenters. The molecular weight excluding hydrogens is 242 g/mol. The highest BCUT2D eigenvalue weighted by Crippen LogP contribution is 2.14. The molecule has 0 bridgehead atoms. The molecule has 1 aromatic rings. The topological polar surface area (TPSA) is 74.5 Å². The lowest BCUT2D eigenvalue weighted by atomic mass is 10.2. The van der Waals surface area contributed by atoms with Crippen LogP contribution in [0, 0.1) is 0 Å². The van der Waals surface area contributed by atoms with Crippen LogP contribution in [-0.4, -0.2) is 54.4 Å². The fourth-order valence-corrected chi connectivity index (χ4v) is 1.77. The molecule has 0 aliphatic heterocycles. The van der Waals surface area contributed by atoms with Gasteiger partial charge in [0.1, 0.15) is 0 Å². The van der Waals surface area contributed by atoms with E-state index in [2.05, 4.69) is 22.2 Å². The average Bonchev–Trinajstić information content (AvgIpc) is 2.42. The van der Waals surface area contributed by atoms with Gasteiger partial charge in [-0.1, -0.05) is 6.92 Å². The number of aromatic nitrogens is 1. The molecule has 1 amide bonds. The molecule has 0 fully saturated rings. The van der Waals surface area contributed by atoms with Crippen LogP contribution in [0.25, 0.3) is 0 Å². The molecule has 1 rings (SSSR count). The number of hydrogen-bond donors (Lipinski definition) is 2. The molecule has 0 saturated heterocycles. The second-order valence-corrected chi connectivity index (χ2v) is 4.66. The number of nitrogen functional groups attached to an aromatic ring is 1. The summed E-state index contributed by atoms with van der Waals surface area (Å²) in [5.74, 6) is 5.40. The molecule has 106 valence electrons. The Kier molecular flexibility index (Phi) is 6.24. The Morgan fingerprint density at radius 1 is 1.37 bits per heavy atom. The minimum Gasteiger partial charge on any atom is -0.337 e. The summed E-state index contributed by atoms with van der Waals surface area (Å²) < 4.78 is 0. The van der Waals surface area contributed by atoms with E-state index in [9.17, 15) is 4.79 Å². The monoisotopic (exact) mass is 265 g/mol. The lowest BCUT2D eigenvalue weighted by molar-refractivity contribution is 0.0746. The van der Waals surface area contributed by atoms with Gasteiger partial charge >= 0.3 is 0 Å². The van der Waals surface area contributed by atoms with E-state index in [0.717, 1.165) is 19.5 Å². The number of carbonyl (C=O) groups is 1. The Bertz CT molecular complexity index is 408. The summed E-state index contributed by atoms with van der Waals surface area (Å²) in [7, 11) is 3.99. The van der Waals surface area contributed by atoms with Gasteiger partial charge in [0, 0.05) is 25.8 Å². The van der Waals surface area contributed by atoms with Gasteiger partial charge in [0.2, 0.25) is 0 Å². The van der Waals surface area contributed by atoms with E-state index in [0.29, 0.717) is 17.8 Å². The van der Waals surface area contributed by atoms with Gasteiger partial charge in [0.05, 0.1) is 17.4 Å². The van der Waals surface area contributed by atoms with E-state index in [1.807, 2.05) is 19.0 Å². The molecule has 0 spiro atoms. The first-order valence-electron chi connectivity index (χ1n) is 6.44. The third-order valence-electron chi connectivity index (χ3n) is 2.80. The Hall–Kier alpha value is -1.66. The number of anilines is 1. The summed E-state index contributed by atoms with van der Waals surface area (Å²) >= 11 is 0. The first-order valence-corrected chi connectivity index (χ1v) is 6.44. The minimum atomic E-state index is -0.0148. The van der Waals surface area contributed by atoms with Gasteiger partial charge in [0.25, 0.3) is 5.91 Å². The molecule has 6 heteroatoms. The maximum atomic E-state index is 12.5. The summed E-state index contributed by atoms with van der Waals surface area (Å²) in [6.45, 7) is 4.33. The van der Waals surface area contributed by atoms with E-state index in [4.69, 9.17) is 5.84 Å². The molecule has 6 nitrogen and oxygen atoms in total. The predicted molar refractivity (Wildman–Crippen MR) is 76.8 cm³/mol. The van der Waals surface area contributed by atoms with Gasteiger partial charge < -0.3 is 15.2 Å². The third kappa shape index (κ3) is 4.50. The van der Waals surface area contributed by atoms with Crippen LogP contribution < -0.4 is 11.3 Å². The summed E-state index contributed by atoms with van der Waals surface area (Å²) in [6, 6.07) is 1.69. The van der Waals surface area contributed by atoms with E-state index in [1.54, 1.807) is 18.5 Å². The summed E-state index contributed by atoms with van der Waals surface area (Å²) in [6.07, 6.45) is 4.09. The Labute approximate surface area is 114 Å². The molecule has 0 saturated carbocycles. The standard InChI is InChI=1S/C13H23N5O/c1-4-7-18(9-8-17(2)3)13(19)11-5-6-15-10-12(11)16-14/h5-6,10,16H,4,7-9,14H2,1-3H3. The first kappa shape index (κ1) is 15.4. The number of hydrogen-bond acceptors (Lipinski definition) is 5. The van der Waals surface area contributed by atoms with Crippen molar-refractivity contribution in [3.8, 4) is 0 Å². The Morgan fingerprint density at radius 2 is 2.11 bits per heavy atom. The second kappa shape index (κ2) is 7.70. The predicted octanol–water partition coefficient (Wildman–Crippen LogP) is 0.781. The van der Waals surface area contributed by atoms with Crippen molar-refractivity contribution in [2.45, 2.75) is 13.3 Å². The number of pyridine rings is 1. The van der Waals surface area contributed by atoms with Crippen molar-refractivity contribution in [2.75, 3.05) is 39.2 Å². The second-order valence-electron chi connectivity index (χ2n) is 4.66. The van der Waals surface area contributed by atoms with Crippen LogP contribution in [0.1, 0.15) is 23.7 Å². The van der Waals surface area contributed by atoms with Gasteiger partial charge in [-0.15, -0.1) is 0 Å². The average molecular weight is 265 g/mol. The minimum absolute atomic E-state index is 0.0148. The van der Waals surface area contributed by atoms with Gasteiger partial charge in [0.15, 0.2) is 0 Å². The molecule has 0 aromatic carbocycles. The van der Waals surface area contributed by atoms with Gasteiger partial charge in [-0.05, 0) is 26.6 Å². The molecule has 3 N–H and O–H groups in total. The lowest BCUT2D eigenvalue weighted by Gasteiger charge is -2.24. The summed E-state index contributed by atoms with van der Waals surface area (Å²) in [5, 5.41) is 0. The maximum absolute atomic E-state index is 12.5. The zero-order valence-corrected chi connectivity index (χ0v) is 11.9. The zero-order valence-electron chi connectivity index (χ0n) is 11.9. The van der Waals surface area contributed by atoms with E-state index in [-0.39, 0.29) is 5.91 Å². The van der Waals surface area contributed by atoms with Crippen LogP contribution in [-0.2, 0) is 0 Å². The van der Waals surface area contributed by atoms with Crippen molar-refractivity contribution >= 4 is 11.6 Å². The van der Waals surface area contributed by atoms with Crippen molar-refractivity contribution in [3.63, 3.8) is 0 Å². The van der Waals surface area contributed by atoms with E-state index < -0.39 is 0 Å². The molecule has 1 aromatic heterocycles. The number of likely N-dealkylation sites (N-methyl/N-ethyl adjacent to an activating group) is 1. The first-order chi connectivity index (χ1) is 9.10. The number of nitrogens with two attached hydrogens (primary N) is 1. The van der Waals surface area contributed by atoms with Gasteiger partial charge in [-0.3, -0.25) is 15.6 Å². The van der Waals surface area contributed by atoms with Crippen molar-refractivity contribution in [1.82, 2.24) is 14.8 Å². The van der Waals surface area contributed by atoms with Crippen molar-refractivity contribution < 1.29 is 4.79 Å². The quantitative estimate of drug-likeness (QED) is 0.563. The van der Waals surface area contributed by atoms with Crippen LogP contribution in [0.4, 0.5) is 5.69 Å². The molecule has 1 heterocycles. The maximum Gasteiger partial charge on any atom is 0.256 e. The Balaban J connectivity index is 2.85. The summed E-state index contributed by atoms with van der Waals surface area (Å²) in [5.41, 5.74) is 3.63. The fourth-order valence-electron chi connectivity index (χ4n) is 1.77. The van der Waals surface area contributed by atoms with Crippen LogP contribution in [0.2, 0.25) is 0 Å². The number of nitrogens with zero attached hydrogens (tertiary/aromatic N) is 3. The molecule has 0 aliphatic carbocycles. The largest absolute Gasteiger partial charge is 0.337 e. The van der Waals surface area contributed by atoms with Crippen LogP contribution in [0.3, 0.4) is 0 Å². The number of nitrogens with one attached hydrogen (secondary N) is 1. The smallest absolute Gasteiger partial charge is 0.256 e. The number of amides is 1. The van der Waals surface area contributed by atoms with Crippen molar-refractivity contribution in [1.29, 1.82) is 0 Å². The highest BCUT2D eigenvalue weighted by atomic mass is 16.2. The van der Waals surface area contributed by atoms with Crippen LogP contribution in [0.5, 0.6) is 0 Å². The normalized spacial score (nSPS) is 10.6. The molecule has 0 unspecified atom stereocenters. The molecular formula is C13H23N5O. The van der Waals surface area contributed by atoms with E-state index >= 15 is 0 Å². The van der Waals surface area contributed by atoms with Crippen molar-refractivity contribution in [2.24, 2.45) is 5.84 Å². The number of rotatable bonds is 7. The van der Waals surface area contributed by atoms with Crippen LogP contribution in [0.15, 0.2) is 18.5 Å². The lowest BCUT2D eigenvalue weighted by Crippen LogP contribution is -2.37. The molecule has 19 heavy (non-hydrogen) atoms. The van der Waals surface area contributed by atoms with Gasteiger partial charge in [-0.2, -0.15) is 0 Å². The van der Waals surface area contributed by atoms with Crippen molar-refractivity contribution in [3.05, 3.63) is 24.0 Å². The van der Waals surface area contributed by atoms with E-state index in [1.165, 1.54) is 0 Å². The van der Waals surface area contributed by atoms with Gasteiger partial charge in [-0.25, -0.2) is 0 Å². The number of hydrazine groups is 1. The highest BCUT2D eigenvalue weighted by molar-refractivity contribution is 5.99. The fraction of sp³-hybridized carbons (Fsp3) is 0.538. The third-order valence-corrected chi connectivity index (χ3v) is 2.80. The Morgan fingerprint density at radius 3 is 2.68 bits per heavy atom. The number of carbonyl (C=O) groups excluding carboxylic acids is 1. The van der Waals surface area contributed by atoms with Crippen LogP contribution >= 0.6 is 0 Å². The SMILES string of the molecule is CCCN(CCN(C)C)C(=O)c1ccncc1NN. The molecule has 0 aliphatic rings.